The normalized spacial score (nSPS) is 24.0. The van der Waals surface area contributed by atoms with Gasteiger partial charge in [0.1, 0.15) is 0 Å². The van der Waals surface area contributed by atoms with Crippen LogP contribution in [-0.4, -0.2) is 23.7 Å². The highest BCUT2D eigenvalue weighted by Crippen LogP contribution is 2.44. The number of rotatable bonds is 3. The molecule has 0 spiro atoms. The molecule has 5 heteroatoms. The Morgan fingerprint density at radius 1 is 1.50 bits per heavy atom. The molecule has 0 radical (unpaired) electrons. The molecule has 0 aliphatic heterocycles. The molecular formula is C7H14ClF2NO. The second-order valence-electron chi connectivity index (χ2n) is 3.31. The average molecular weight is 202 g/mol. The highest BCUT2D eigenvalue weighted by molar-refractivity contribution is 5.85. The van der Waals surface area contributed by atoms with Crippen molar-refractivity contribution in [2.75, 3.05) is 6.61 Å². The van der Waals surface area contributed by atoms with E-state index in [0.717, 1.165) is 0 Å². The minimum atomic E-state index is -2.46. The predicted molar refractivity (Wildman–Crippen MR) is 44.6 cm³/mol. The molecule has 1 unspecified atom stereocenters. The molecule has 0 heterocycles. The fourth-order valence-electron chi connectivity index (χ4n) is 1.45. The fourth-order valence-corrected chi connectivity index (χ4v) is 1.45. The summed E-state index contributed by atoms with van der Waals surface area (Å²) in [5, 5.41) is 8.52. The molecule has 3 N–H and O–H groups in total. The minimum absolute atomic E-state index is 0. The van der Waals surface area contributed by atoms with Gasteiger partial charge in [-0.2, -0.15) is 0 Å². The first-order valence-electron chi connectivity index (χ1n) is 3.78. The lowest BCUT2D eigenvalue weighted by Gasteiger charge is -2.35. The Morgan fingerprint density at radius 3 is 2.33 bits per heavy atom. The molecule has 1 saturated carbocycles. The zero-order valence-electron chi connectivity index (χ0n) is 6.67. The molecule has 0 saturated heterocycles. The maximum atomic E-state index is 12.2. The van der Waals surface area contributed by atoms with Gasteiger partial charge >= 0.3 is 0 Å². The van der Waals surface area contributed by atoms with E-state index in [1.165, 1.54) is 0 Å². The van der Waals surface area contributed by atoms with Crippen LogP contribution in [0.5, 0.6) is 0 Å². The van der Waals surface area contributed by atoms with Gasteiger partial charge in [0.15, 0.2) is 0 Å². The molecule has 12 heavy (non-hydrogen) atoms. The van der Waals surface area contributed by atoms with E-state index in [-0.39, 0.29) is 43.8 Å². The number of alkyl halides is 2. The molecule has 74 valence electrons. The summed E-state index contributed by atoms with van der Waals surface area (Å²) in [6, 6.07) is -0.323. The average Bonchev–Trinajstić information content (AvgIpc) is 1.83. The number of halogens is 3. The Bertz CT molecular complexity index is 137. The first kappa shape index (κ1) is 12.1. The van der Waals surface area contributed by atoms with Gasteiger partial charge in [-0.25, -0.2) is 8.78 Å². The van der Waals surface area contributed by atoms with Crippen LogP contribution >= 0.6 is 12.4 Å². The van der Waals surface area contributed by atoms with Gasteiger partial charge < -0.3 is 10.8 Å². The minimum Gasteiger partial charge on any atom is -0.395 e. The Hall–Kier alpha value is 0.0700. The van der Waals surface area contributed by atoms with Gasteiger partial charge in [0.2, 0.25) is 5.92 Å². The molecule has 0 aromatic heterocycles. The zero-order valence-corrected chi connectivity index (χ0v) is 7.49. The van der Waals surface area contributed by atoms with E-state index in [1.807, 2.05) is 0 Å². The van der Waals surface area contributed by atoms with Gasteiger partial charge in [-0.1, -0.05) is 0 Å². The Kier molecular flexibility index (Phi) is 4.37. The number of aliphatic hydroxyl groups excluding tert-OH is 1. The molecule has 1 rings (SSSR count). The number of hydrogen-bond acceptors (Lipinski definition) is 2. The Labute approximate surface area is 76.5 Å². The SMILES string of the molecule is Cl.NC(CO)CC1CC(F)(F)C1. The van der Waals surface area contributed by atoms with Crippen molar-refractivity contribution in [3.63, 3.8) is 0 Å². The summed E-state index contributed by atoms with van der Waals surface area (Å²) in [6.07, 6.45) is 0.410. The number of aliphatic hydroxyl groups is 1. The summed E-state index contributed by atoms with van der Waals surface area (Å²) in [6.45, 7) is -0.109. The Balaban J connectivity index is 0.00000121. The lowest BCUT2D eigenvalue weighted by atomic mass is 9.78. The van der Waals surface area contributed by atoms with E-state index < -0.39 is 5.92 Å². The molecule has 1 aliphatic rings. The second-order valence-corrected chi connectivity index (χ2v) is 3.31. The van der Waals surface area contributed by atoms with E-state index in [2.05, 4.69) is 0 Å². The topological polar surface area (TPSA) is 46.2 Å². The first-order valence-corrected chi connectivity index (χ1v) is 3.78. The van der Waals surface area contributed by atoms with Gasteiger partial charge in [0, 0.05) is 18.9 Å². The molecule has 1 aliphatic carbocycles. The van der Waals surface area contributed by atoms with Crippen LogP contribution in [0.1, 0.15) is 19.3 Å². The maximum absolute atomic E-state index is 12.2. The summed E-state index contributed by atoms with van der Waals surface area (Å²) < 4.78 is 24.5. The second kappa shape index (κ2) is 4.35. The third-order valence-electron chi connectivity index (χ3n) is 2.05. The standard InChI is InChI=1S/C7H13F2NO.ClH/c8-7(9)2-5(3-7)1-6(10)4-11;/h5-6,11H,1-4,10H2;1H. The molecule has 1 fully saturated rings. The third kappa shape index (κ3) is 3.21. The Morgan fingerprint density at radius 2 is 2.00 bits per heavy atom. The van der Waals surface area contributed by atoms with E-state index in [9.17, 15) is 8.78 Å². The van der Waals surface area contributed by atoms with E-state index in [4.69, 9.17) is 10.8 Å². The number of hydrogen-bond donors (Lipinski definition) is 2. The predicted octanol–water partition coefficient (Wildman–Crippen LogP) is 1.16. The summed E-state index contributed by atoms with van der Waals surface area (Å²) in [7, 11) is 0. The van der Waals surface area contributed by atoms with E-state index in [0.29, 0.717) is 6.42 Å². The van der Waals surface area contributed by atoms with Crippen LogP contribution in [0.2, 0.25) is 0 Å². The highest BCUT2D eigenvalue weighted by Gasteiger charge is 2.45. The molecular weight excluding hydrogens is 188 g/mol. The monoisotopic (exact) mass is 201 g/mol. The third-order valence-corrected chi connectivity index (χ3v) is 2.05. The van der Waals surface area contributed by atoms with Crippen molar-refractivity contribution in [1.29, 1.82) is 0 Å². The van der Waals surface area contributed by atoms with Gasteiger partial charge in [-0.05, 0) is 12.3 Å². The van der Waals surface area contributed by atoms with Crippen molar-refractivity contribution in [3.05, 3.63) is 0 Å². The van der Waals surface area contributed by atoms with E-state index >= 15 is 0 Å². The molecule has 2 nitrogen and oxygen atoms in total. The molecule has 0 aromatic carbocycles. The van der Waals surface area contributed by atoms with Crippen LogP contribution in [0.25, 0.3) is 0 Å². The summed E-state index contributed by atoms with van der Waals surface area (Å²) >= 11 is 0. The highest BCUT2D eigenvalue weighted by atomic mass is 35.5. The van der Waals surface area contributed by atoms with Crippen LogP contribution in [0.4, 0.5) is 8.78 Å². The van der Waals surface area contributed by atoms with Gasteiger partial charge in [0.25, 0.3) is 0 Å². The fraction of sp³-hybridized carbons (Fsp3) is 1.00. The van der Waals surface area contributed by atoms with E-state index in [1.54, 1.807) is 0 Å². The lowest BCUT2D eigenvalue weighted by Crippen LogP contribution is -2.39. The zero-order chi connectivity index (χ0) is 8.48. The smallest absolute Gasteiger partial charge is 0.248 e. The molecule has 0 aromatic rings. The van der Waals surface area contributed by atoms with Crippen molar-refractivity contribution in [1.82, 2.24) is 0 Å². The first-order chi connectivity index (χ1) is 5.03. The van der Waals surface area contributed by atoms with Crippen LogP contribution in [0.3, 0.4) is 0 Å². The van der Waals surface area contributed by atoms with Crippen molar-refractivity contribution in [3.8, 4) is 0 Å². The van der Waals surface area contributed by atoms with Gasteiger partial charge in [0.05, 0.1) is 6.61 Å². The number of nitrogens with two attached hydrogens (primary N) is 1. The van der Waals surface area contributed by atoms with Crippen molar-refractivity contribution < 1.29 is 13.9 Å². The molecule has 0 bridgehead atoms. The van der Waals surface area contributed by atoms with Gasteiger partial charge in [-0.15, -0.1) is 12.4 Å². The van der Waals surface area contributed by atoms with Crippen molar-refractivity contribution in [2.24, 2.45) is 11.7 Å². The molecule has 0 amide bonds. The van der Waals surface area contributed by atoms with Crippen LogP contribution in [0, 0.1) is 5.92 Å². The van der Waals surface area contributed by atoms with Crippen LogP contribution in [0.15, 0.2) is 0 Å². The summed E-state index contributed by atoms with van der Waals surface area (Å²) in [5.74, 6) is -2.44. The van der Waals surface area contributed by atoms with Gasteiger partial charge in [-0.3, -0.25) is 0 Å². The lowest BCUT2D eigenvalue weighted by molar-refractivity contribution is -0.113. The largest absolute Gasteiger partial charge is 0.395 e. The van der Waals surface area contributed by atoms with Crippen molar-refractivity contribution >= 4 is 12.4 Å². The van der Waals surface area contributed by atoms with Crippen LogP contribution < -0.4 is 5.73 Å². The van der Waals surface area contributed by atoms with Crippen molar-refractivity contribution in [2.45, 2.75) is 31.2 Å². The maximum Gasteiger partial charge on any atom is 0.248 e. The molecule has 1 atom stereocenters. The summed E-state index contributed by atoms with van der Waals surface area (Å²) in [4.78, 5) is 0. The summed E-state index contributed by atoms with van der Waals surface area (Å²) in [5.41, 5.74) is 5.38. The van der Waals surface area contributed by atoms with Crippen LogP contribution in [-0.2, 0) is 0 Å². The quantitative estimate of drug-likeness (QED) is 0.720.